The number of carbonyl (C=O) groups is 1. The summed E-state index contributed by atoms with van der Waals surface area (Å²) in [6.45, 7) is 4.46. The summed E-state index contributed by atoms with van der Waals surface area (Å²) in [6, 6.07) is 15.2. The first-order valence-corrected chi connectivity index (χ1v) is 9.53. The van der Waals surface area contributed by atoms with Gasteiger partial charge in [0.1, 0.15) is 11.6 Å². The van der Waals surface area contributed by atoms with E-state index in [4.69, 9.17) is 5.73 Å². The van der Waals surface area contributed by atoms with Gasteiger partial charge in [0.05, 0.1) is 6.04 Å². The normalized spacial score (nSPS) is 21.0. The lowest BCUT2D eigenvalue weighted by molar-refractivity contribution is -0.131. The van der Waals surface area contributed by atoms with Gasteiger partial charge in [0, 0.05) is 24.2 Å². The van der Waals surface area contributed by atoms with Crippen molar-refractivity contribution < 1.29 is 9.18 Å². The monoisotopic (exact) mass is 382 g/mol. The molecule has 2 aromatic rings. The number of nitrogens with two attached hydrogens (primary N) is 1. The highest BCUT2D eigenvalue weighted by molar-refractivity contribution is 5.88. The van der Waals surface area contributed by atoms with Crippen LogP contribution in [0.1, 0.15) is 25.3 Å². The van der Waals surface area contributed by atoms with Gasteiger partial charge >= 0.3 is 0 Å². The molecule has 1 heterocycles. The van der Waals surface area contributed by atoms with Crippen LogP contribution in [0.3, 0.4) is 0 Å². The molecule has 3 atom stereocenters. The summed E-state index contributed by atoms with van der Waals surface area (Å²) < 4.78 is 13.5. The number of likely N-dealkylation sites (N-methyl/N-ethyl adjacent to an activating group) is 2. The van der Waals surface area contributed by atoms with Gasteiger partial charge < -0.3 is 16.4 Å². The molecule has 148 valence electrons. The molecule has 0 saturated heterocycles. The molecular weight excluding hydrogens is 355 g/mol. The van der Waals surface area contributed by atoms with Gasteiger partial charge in [-0.2, -0.15) is 0 Å². The van der Waals surface area contributed by atoms with Crippen LogP contribution in [0, 0.1) is 5.82 Å². The zero-order valence-electron chi connectivity index (χ0n) is 16.4. The van der Waals surface area contributed by atoms with Crippen molar-refractivity contribution in [1.82, 2.24) is 10.2 Å². The van der Waals surface area contributed by atoms with Gasteiger partial charge in [-0.3, -0.25) is 9.69 Å². The second kappa shape index (κ2) is 8.54. The van der Waals surface area contributed by atoms with Gasteiger partial charge in [-0.15, -0.1) is 0 Å². The summed E-state index contributed by atoms with van der Waals surface area (Å²) in [6.07, 6.45) is 0. The van der Waals surface area contributed by atoms with Gasteiger partial charge in [0.2, 0.25) is 5.91 Å². The maximum atomic E-state index is 13.5. The second-order valence-electron chi connectivity index (χ2n) is 6.94. The van der Waals surface area contributed by atoms with E-state index in [0.29, 0.717) is 6.54 Å². The minimum atomic E-state index is -0.738. The molecular formula is C22H27FN4O. The molecule has 1 aliphatic heterocycles. The van der Waals surface area contributed by atoms with E-state index >= 15 is 0 Å². The molecule has 0 spiro atoms. The molecule has 0 fully saturated rings. The van der Waals surface area contributed by atoms with Gasteiger partial charge in [-0.25, -0.2) is 4.39 Å². The third-order valence-corrected chi connectivity index (χ3v) is 5.27. The van der Waals surface area contributed by atoms with Crippen LogP contribution in [0.25, 0.3) is 0 Å². The van der Waals surface area contributed by atoms with Crippen LogP contribution in [-0.4, -0.2) is 36.5 Å². The average molecular weight is 382 g/mol. The Morgan fingerprint density at radius 3 is 2.36 bits per heavy atom. The van der Waals surface area contributed by atoms with Crippen LogP contribution < -0.4 is 16.4 Å². The number of nitrogens with zero attached hydrogens (tertiary/aromatic N) is 1. The van der Waals surface area contributed by atoms with E-state index in [1.54, 1.807) is 17.0 Å². The number of anilines is 1. The van der Waals surface area contributed by atoms with Crippen molar-refractivity contribution >= 4 is 11.6 Å². The molecule has 0 aromatic heterocycles. The highest BCUT2D eigenvalue weighted by atomic mass is 19.1. The number of halogens is 1. The Labute approximate surface area is 165 Å². The maximum absolute atomic E-state index is 13.5. The molecule has 0 bridgehead atoms. The molecule has 6 heteroatoms. The molecule has 1 amide bonds. The molecule has 5 nitrogen and oxygen atoms in total. The average Bonchev–Trinajstić information content (AvgIpc) is 2.71. The summed E-state index contributed by atoms with van der Waals surface area (Å²) in [5.74, 6) is -0.0899. The third-order valence-electron chi connectivity index (χ3n) is 5.27. The van der Waals surface area contributed by atoms with Gasteiger partial charge in [-0.05, 0) is 56.3 Å². The van der Waals surface area contributed by atoms with E-state index in [1.165, 1.54) is 12.1 Å². The molecule has 28 heavy (non-hydrogen) atoms. The van der Waals surface area contributed by atoms with E-state index in [0.717, 1.165) is 22.6 Å². The third kappa shape index (κ3) is 3.79. The molecule has 0 saturated carbocycles. The number of hydrogen-bond donors (Lipinski definition) is 3. The van der Waals surface area contributed by atoms with Crippen molar-refractivity contribution in [2.75, 3.05) is 18.9 Å². The molecule has 0 radical (unpaired) electrons. The standard InChI is InChI=1S/C22H27FN4O/c1-4-27-21(26-17-8-6-5-7-9-17)18(14(2)25-3)19(20(24)22(27)28)15-10-12-16(23)13-11-15/h5-14,19-20,25-26H,4,24H2,1-3H3. The Morgan fingerprint density at radius 1 is 1.14 bits per heavy atom. The highest BCUT2D eigenvalue weighted by Gasteiger charge is 2.42. The van der Waals surface area contributed by atoms with E-state index in [2.05, 4.69) is 10.6 Å². The largest absolute Gasteiger partial charge is 0.342 e. The summed E-state index contributed by atoms with van der Waals surface area (Å²) in [5.41, 5.74) is 9.11. The summed E-state index contributed by atoms with van der Waals surface area (Å²) in [5, 5.41) is 6.70. The van der Waals surface area contributed by atoms with Crippen LogP contribution in [0.15, 0.2) is 66.0 Å². The van der Waals surface area contributed by atoms with E-state index in [9.17, 15) is 9.18 Å². The number of benzene rings is 2. The topological polar surface area (TPSA) is 70.4 Å². The van der Waals surface area contributed by atoms with Gasteiger partial charge in [-0.1, -0.05) is 30.3 Å². The zero-order chi connectivity index (χ0) is 20.3. The van der Waals surface area contributed by atoms with E-state index < -0.39 is 6.04 Å². The Kier molecular flexibility index (Phi) is 6.11. The lowest BCUT2D eigenvalue weighted by Crippen LogP contribution is -2.54. The fourth-order valence-corrected chi connectivity index (χ4v) is 3.73. The minimum absolute atomic E-state index is 0.0468. The molecule has 2 aromatic carbocycles. The first-order valence-electron chi connectivity index (χ1n) is 9.53. The summed E-state index contributed by atoms with van der Waals surface area (Å²) >= 11 is 0. The van der Waals surface area contributed by atoms with Crippen LogP contribution >= 0.6 is 0 Å². The second-order valence-corrected chi connectivity index (χ2v) is 6.94. The fraction of sp³-hybridized carbons (Fsp3) is 0.318. The van der Waals surface area contributed by atoms with Crippen molar-refractivity contribution in [3.8, 4) is 0 Å². The quantitative estimate of drug-likeness (QED) is 0.718. The molecule has 3 unspecified atom stereocenters. The number of para-hydroxylation sites is 1. The maximum Gasteiger partial charge on any atom is 0.245 e. The smallest absolute Gasteiger partial charge is 0.245 e. The number of rotatable bonds is 6. The predicted molar refractivity (Wildman–Crippen MR) is 110 cm³/mol. The number of hydrogen-bond acceptors (Lipinski definition) is 4. The molecule has 1 aliphatic rings. The van der Waals surface area contributed by atoms with Crippen molar-refractivity contribution in [3.05, 3.63) is 77.4 Å². The highest BCUT2D eigenvalue weighted by Crippen LogP contribution is 2.38. The van der Waals surface area contributed by atoms with Crippen molar-refractivity contribution in [1.29, 1.82) is 0 Å². The van der Waals surface area contributed by atoms with Crippen LogP contribution in [0.4, 0.5) is 10.1 Å². The SMILES string of the molecule is CCN1C(=O)C(N)C(c2ccc(F)cc2)C(C(C)NC)=C1Nc1ccccc1. The zero-order valence-corrected chi connectivity index (χ0v) is 16.4. The first-order chi connectivity index (χ1) is 13.5. The predicted octanol–water partition coefficient (Wildman–Crippen LogP) is 3.03. The number of carbonyl (C=O) groups excluding carboxylic acids is 1. The number of amides is 1. The summed E-state index contributed by atoms with van der Waals surface area (Å²) in [7, 11) is 1.87. The van der Waals surface area contributed by atoms with Gasteiger partial charge in [0.25, 0.3) is 0 Å². The first kappa shape index (κ1) is 20.0. The molecule has 3 rings (SSSR count). The fourth-order valence-electron chi connectivity index (χ4n) is 3.73. The van der Waals surface area contributed by atoms with E-state index in [-0.39, 0.29) is 23.7 Å². The lowest BCUT2D eigenvalue weighted by atomic mass is 9.78. The minimum Gasteiger partial charge on any atom is -0.342 e. The lowest BCUT2D eigenvalue weighted by Gasteiger charge is -2.42. The van der Waals surface area contributed by atoms with Crippen molar-refractivity contribution in [3.63, 3.8) is 0 Å². The Balaban J connectivity index is 2.19. The van der Waals surface area contributed by atoms with Crippen LogP contribution in [-0.2, 0) is 4.79 Å². The molecule has 0 aliphatic carbocycles. The van der Waals surface area contributed by atoms with Crippen LogP contribution in [0.2, 0.25) is 0 Å². The Morgan fingerprint density at radius 2 is 1.79 bits per heavy atom. The molecule has 4 N–H and O–H groups in total. The summed E-state index contributed by atoms with van der Waals surface area (Å²) in [4.78, 5) is 14.8. The Bertz CT molecular complexity index is 851. The van der Waals surface area contributed by atoms with Crippen molar-refractivity contribution in [2.45, 2.75) is 31.8 Å². The van der Waals surface area contributed by atoms with Gasteiger partial charge in [0.15, 0.2) is 0 Å². The van der Waals surface area contributed by atoms with Crippen molar-refractivity contribution in [2.24, 2.45) is 5.73 Å². The van der Waals surface area contributed by atoms with Crippen LogP contribution in [0.5, 0.6) is 0 Å². The Hall–Kier alpha value is -2.70. The van der Waals surface area contributed by atoms with E-state index in [1.807, 2.05) is 51.2 Å². The number of nitrogens with one attached hydrogen (secondary N) is 2.